The third kappa shape index (κ3) is 2.52. The average molecular weight is 155 g/mol. The van der Waals surface area contributed by atoms with E-state index in [4.69, 9.17) is 5.73 Å². The molecule has 0 aliphatic heterocycles. The molecule has 0 aromatic carbocycles. The summed E-state index contributed by atoms with van der Waals surface area (Å²) < 4.78 is 0. The minimum Gasteiger partial charge on any atom is -0.370 e. The van der Waals surface area contributed by atoms with Crippen molar-refractivity contribution >= 4 is 5.91 Å². The molecule has 0 bridgehead atoms. The minimum atomic E-state index is -0.155. The lowest BCUT2D eigenvalue weighted by Crippen LogP contribution is -2.17. The van der Waals surface area contributed by atoms with E-state index in [9.17, 15) is 4.79 Å². The maximum absolute atomic E-state index is 10.5. The Balaban J connectivity index is 2.28. The average Bonchev–Trinajstić information content (AvgIpc) is 2.33. The molecule has 64 valence electrons. The van der Waals surface area contributed by atoms with Crippen molar-refractivity contribution in [1.82, 2.24) is 0 Å². The van der Waals surface area contributed by atoms with E-state index in [1.807, 2.05) is 0 Å². The van der Waals surface area contributed by atoms with Crippen LogP contribution in [0, 0.1) is 5.41 Å². The van der Waals surface area contributed by atoms with Crippen LogP contribution in [0.4, 0.5) is 0 Å². The van der Waals surface area contributed by atoms with Crippen LogP contribution in [0.15, 0.2) is 0 Å². The van der Waals surface area contributed by atoms with Gasteiger partial charge in [0.05, 0.1) is 0 Å². The summed E-state index contributed by atoms with van der Waals surface area (Å²) in [6.07, 6.45) is 6.77. The number of primary amides is 1. The van der Waals surface area contributed by atoms with Gasteiger partial charge in [-0.2, -0.15) is 0 Å². The molecule has 1 aliphatic rings. The summed E-state index contributed by atoms with van der Waals surface area (Å²) in [4.78, 5) is 10.5. The number of hydrogen-bond acceptors (Lipinski definition) is 1. The zero-order chi connectivity index (χ0) is 8.32. The lowest BCUT2D eigenvalue weighted by Gasteiger charge is -2.21. The Kier molecular flexibility index (Phi) is 2.53. The van der Waals surface area contributed by atoms with Gasteiger partial charge in [-0.3, -0.25) is 4.79 Å². The SMILES string of the molecule is CC1(CCC(N)=O)CCCC1. The highest BCUT2D eigenvalue weighted by molar-refractivity contribution is 5.73. The second-order valence-electron chi connectivity index (χ2n) is 3.98. The maximum Gasteiger partial charge on any atom is 0.217 e. The zero-order valence-electron chi connectivity index (χ0n) is 7.23. The molecule has 0 spiro atoms. The van der Waals surface area contributed by atoms with Gasteiger partial charge < -0.3 is 5.73 Å². The molecule has 11 heavy (non-hydrogen) atoms. The molecule has 0 atom stereocenters. The van der Waals surface area contributed by atoms with Gasteiger partial charge in [0, 0.05) is 6.42 Å². The van der Waals surface area contributed by atoms with Crippen molar-refractivity contribution in [2.75, 3.05) is 0 Å². The molecule has 1 aliphatic carbocycles. The fourth-order valence-corrected chi connectivity index (χ4v) is 1.90. The van der Waals surface area contributed by atoms with Crippen molar-refractivity contribution < 1.29 is 4.79 Å². The Labute approximate surface area is 68.2 Å². The summed E-state index contributed by atoms with van der Waals surface area (Å²) in [6, 6.07) is 0. The first-order chi connectivity index (χ1) is 5.12. The van der Waals surface area contributed by atoms with Gasteiger partial charge in [0.25, 0.3) is 0 Å². The Morgan fingerprint density at radius 1 is 1.45 bits per heavy atom. The van der Waals surface area contributed by atoms with Crippen molar-refractivity contribution in [3.05, 3.63) is 0 Å². The predicted molar refractivity (Wildman–Crippen MR) is 45.0 cm³/mol. The van der Waals surface area contributed by atoms with Crippen LogP contribution in [0.25, 0.3) is 0 Å². The molecule has 0 aromatic rings. The van der Waals surface area contributed by atoms with Crippen LogP contribution in [0.3, 0.4) is 0 Å². The van der Waals surface area contributed by atoms with Gasteiger partial charge in [-0.15, -0.1) is 0 Å². The molecule has 2 N–H and O–H groups in total. The lowest BCUT2D eigenvalue weighted by atomic mass is 9.84. The highest BCUT2D eigenvalue weighted by atomic mass is 16.1. The quantitative estimate of drug-likeness (QED) is 0.664. The van der Waals surface area contributed by atoms with E-state index < -0.39 is 0 Å². The fraction of sp³-hybridized carbons (Fsp3) is 0.889. The third-order valence-electron chi connectivity index (χ3n) is 2.79. The van der Waals surface area contributed by atoms with Gasteiger partial charge in [0.1, 0.15) is 0 Å². The Bertz CT molecular complexity index is 148. The van der Waals surface area contributed by atoms with Gasteiger partial charge in [-0.25, -0.2) is 0 Å². The summed E-state index contributed by atoms with van der Waals surface area (Å²) in [7, 11) is 0. The van der Waals surface area contributed by atoms with Gasteiger partial charge in [0.15, 0.2) is 0 Å². The second-order valence-corrected chi connectivity index (χ2v) is 3.98. The van der Waals surface area contributed by atoms with Gasteiger partial charge in [-0.05, 0) is 24.7 Å². The van der Waals surface area contributed by atoms with Crippen LogP contribution in [-0.2, 0) is 4.79 Å². The molecule has 2 nitrogen and oxygen atoms in total. The van der Waals surface area contributed by atoms with E-state index in [0.717, 1.165) is 6.42 Å². The van der Waals surface area contributed by atoms with E-state index in [1.165, 1.54) is 25.7 Å². The van der Waals surface area contributed by atoms with E-state index in [2.05, 4.69) is 6.92 Å². The highest BCUT2D eigenvalue weighted by Crippen LogP contribution is 2.41. The van der Waals surface area contributed by atoms with Crippen molar-refractivity contribution in [3.63, 3.8) is 0 Å². The third-order valence-corrected chi connectivity index (χ3v) is 2.79. The van der Waals surface area contributed by atoms with E-state index in [-0.39, 0.29) is 5.91 Å². The number of carbonyl (C=O) groups excluding carboxylic acids is 1. The van der Waals surface area contributed by atoms with E-state index >= 15 is 0 Å². The molecule has 1 saturated carbocycles. The Morgan fingerprint density at radius 3 is 2.45 bits per heavy atom. The van der Waals surface area contributed by atoms with Crippen LogP contribution in [0.2, 0.25) is 0 Å². The number of hydrogen-bond donors (Lipinski definition) is 1. The lowest BCUT2D eigenvalue weighted by molar-refractivity contribution is -0.118. The van der Waals surface area contributed by atoms with Gasteiger partial charge >= 0.3 is 0 Å². The highest BCUT2D eigenvalue weighted by Gasteiger charge is 2.28. The summed E-state index contributed by atoms with van der Waals surface area (Å²) in [5, 5.41) is 0. The number of amides is 1. The number of carbonyl (C=O) groups is 1. The molecule has 1 fully saturated rings. The van der Waals surface area contributed by atoms with Crippen LogP contribution >= 0.6 is 0 Å². The molecule has 2 heteroatoms. The van der Waals surface area contributed by atoms with Crippen molar-refractivity contribution in [3.8, 4) is 0 Å². The molecular formula is C9H17NO. The number of nitrogens with two attached hydrogens (primary N) is 1. The molecule has 0 heterocycles. The molecule has 0 radical (unpaired) electrons. The summed E-state index contributed by atoms with van der Waals surface area (Å²) in [5.41, 5.74) is 5.52. The van der Waals surface area contributed by atoms with Crippen LogP contribution < -0.4 is 5.73 Å². The van der Waals surface area contributed by atoms with Gasteiger partial charge in [-0.1, -0.05) is 19.8 Å². The first-order valence-corrected chi connectivity index (χ1v) is 4.41. The van der Waals surface area contributed by atoms with Crippen molar-refractivity contribution in [2.24, 2.45) is 11.1 Å². The van der Waals surface area contributed by atoms with E-state index in [0.29, 0.717) is 11.8 Å². The van der Waals surface area contributed by atoms with Crippen LogP contribution in [0.5, 0.6) is 0 Å². The molecule has 0 unspecified atom stereocenters. The first-order valence-electron chi connectivity index (χ1n) is 4.41. The molecule has 1 amide bonds. The molecule has 0 saturated heterocycles. The standard InChI is InChI=1S/C9H17NO/c1-9(5-2-3-6-9)7-4-8(10)11/h2-7H2,1H3,(H2,10,11). The molecular weight excluding hydrogens is 138 g/mol. The van der Waals surface area contributed by atoms with E-state index in [1.54, 1.807) is 0 Å². The molecule has 0 aromatic heterocycles. The first kappa shape index (κ1) is 8.57. The zero-order valence-corrected chi connectivity index (χ0v) is 7.23. The van der Waals surface area contributed by atoms with Crippen molar-refractivity contribution in [1.29, 1.82) is 0 Å². The second kappa shape index (κ2) is 3.24. The summed E-state index contributed by atoms with van der Waals surface area (Å²) >= 11 is 0. The fourth-order valence-electron chi connectivity index (χ4n) is 1.90. The topological polar surface area (TPSA) is 43.1 Å². The summed E-state index contributed by atoms with van der Waals surface area (Å²) in [6.45, 7) is 2.27. The van der Waals surface area contributed by atoms with Crippen LogP contribution in [0.1, 0.15) is 45.4 Å². The van der Waals surface area contributed by atoms with Crippen LogP contribution in [-0.4, -0.2) is 5.91 Å². The smallest absolute Gasteiger partial charge is 0.217 e. The maximum atomic E-state index is 10.5. The monoisotopic (exact) mass is 155 g/mol. The van der Waals surface area contributed by atoms with Gasteiger partial charge in [0.2, 0.25) is 5.91 Å². The Morgan fingerprint density at radius 2 is 2.00 bits per heavy atom. The summed E-state index contributed by atoms with van der Waals surface area (Å²) in [5.74, 6) is -0.155. The Hall–Kier alpha value is -0.530. The predicted octanol–water partition coefficient (Wildman–Crippen LogP) is 1.83. The number of rotatable bonds is 3. The largest absolute Gasteiger partial charge is 0.370 e. The van der Waals surface area contributed by atoms with Crippen molar-refractivity contribution in [2.45, 2.75) is 45.4 Å². The minimum absolute atomic E-state index is 0.155. The normalized spacial score (nSPS) is 21.9. The molecule has 1 rings (SSSR count).